The van der Waals surface area contributed by atoms with Gasteiger partial charge >= 0.3 is 0 Å². The highest BCUT2D eigenvalue weighted by molar-refractivity contribution is 7.84. The maximum Gasteiger partial charge on any atom is 0.246 e. The molecule has 4 nitrogen and oxygen atoms in total. The fourth-order valence-corrected chi connectivity index (χ4v) is 1.74. The maximum atomic E-state index is 11.2. The van der Waals surface area contributed by atoms with Crippen molar-refractivity contribution in [2.75, 3.05) is 18.6 Å². The molecule has 0 aliphatic carbocycles. The summed E-state index contributed by atoms with van der Waals surface area (Å²) in [7, 11) is -0.880. The minimum absolute atomic E-state index is 0.0522. The first-order chi connectivity index (χ1) is 6.41. The predicted octanol–water partition coefficient (Wildman–Crippen LogP) is 0.295. The second-order valence-electron chi connectivity index (χ2n) is 3.57. The van der Waals surface area contributed by atoms with Crippen molar-refractivity contribution in [3.63, 3.8) is 0 Å². The monoisotopic (exact) mass is 221 g/mol. The molecule has 2 unspecified atom stereocenters. The van der Waals surface area contributed by atoms with Gasteiger partial charge in [0.15, 0.2) is 0 Å². The van der Waals surface area contributed by atoms with Crippen LogP contribution in [0.25, 0.3) is 0 Å². The van der Waals surface area contributed by atoms with Crippen LogP contribution in [-0.4, -0.2) is 40.9 Å². The van der Waals surface area contributed by atoms with Crippen LogP contribution in [0.3, 0.4) is 0 Å². The minimum atomic E-state index is -0.880. The zero-order valence-corrected chi connectivity index (χ0v) is 10.0. The number of carbonyl (C=O) groups is 1. The Kier molecular flexibility index (Phi) is 6.74. The third-order valence-electron chi connectivity index (χ3n) is 1.44. The number of amides is 1. The van der Waals surface area contributed by atoms with Crippen molar-refractivity contribution < 1.29 is 13.7 Å². The quantitative estimate of drug-likeness (QED) is 0.701. The Morgan fingerprint density at radius 1 is 1.43 bits per heavy atom. The van der Waals surface area contributed by atoms with E-state index in [1.54, 1.807) is 6.26 Å². The van der Waals surface area contributed by atoms with Crippen LogP contribution < -0.4 is 5.32 Å². The molecule has 0 heterocycles. The van der Waals surface area contributed by atoms with E-state index >= 15 is 0 Å². The zero-order chi connectivity index (χ0) is 11.1. The van der Waals surface area contributed by atoms with Crippen molar-refractivity contribution in [1.82, 2.24) is 5.32 Å². The summed E-state index contributed by atoms with van der Waals surface area (Å²) in [4.78, 5) is 11.2. The summed E-state index contributed by atoms with van der Waals surface area (Å²) < 4.78 is 16.0. The SMILES string of the molecule is CC(CS(C)=O)NC(=O)COC(C)C. The van der Waals surface area contributed by atoms with Crippen molar-refractivity contribution in [2.24, 2.45) is 0 Å². The largest absolute Gasteiger partial charge is 0.369 e. The van der Waals surface area contributed by atoms with E-state index in [0.717, 1.165) is 0 Å². The number of hydrogen-bond acceptors (Lipinski definition) is 3. The van der Waals surface area contributed by atoms with Gasteiger partial charge in [0, 0.05) is 28.9 Å². The molecule has 14 heavy (non-hydrogen) atoms. The summed E-state index contributed by atoms with van der Waals surface area (Å²) in [5, 5.41) is 2.71. The summed E-state index contributed by atoms with van der Waals surface area (Å²) in [6, 6.07) is -0.0657. The van der Waals surface area contributed by atoms with Gasteiger partial charge in [0.25, 0.3) is 0 Å². The van der Waals surface area contributed by atoms with E-state index in [-0.39, 0.29) is 24.7 Å². The second-order valence-corrected chi connectivity index (χ2v) is 5.05. The Morgan fingerprint density at radius 2 is 2.00 bits per heavy atom. The number of carbonyl (C=O) groups excluding carboxylic acids is 1. The fourth-order valence-electron chi connectivity index (χ4n) is 0.953. The Hall–Kier alpha value is -0.420. The van der Waals surface area contributed by atoms with E-state index in [0.29, 0.717) is 5.75 Å². The van der Waals surface area contributed by atoms with Gasteiger partial charge in [-0.2, -0.15) is 0 Å². The van der Waals surface area contributed by atoms with Gasteiger partial charge < -0.3 is 10.1 Å². The van der Waals surface area contributed by atoms with Gasteiger partial charge in [-0.15, -0.1) is 0 Å². The molecule has 5 heteroatoms. The second kappa shape index (κ2) is 6.95. The first-order valence-electron chi connectivity index (χ1n) is 4.62. The molecule has 0 spiro atoms. The topological polar surface area (TPSA) is 55.4 Å². The van der Waals surface area contributed by atoms with Gasteiger partial charge in [-0.05, 0) is 20.8 Å². The van der Waals surface area contributed by atoms with E-state index in [2.05, 4.69) is 5.32 Å². The Labute approximate surface area is 87.9 Å². The molecule has 0 bridgehead atoms. The van der Waals surface area contributed by atoms with Crippen molar-refractivity contribution in [2.45, 2.75) is 32.9 Å². The van der Waals surface area contributed by atoms with Crippen LogP contribution in [0.15, 0.2) is 0 Å². The van der Waals surface area contributed by atoms with Gasteiger partial charge in [-0.3, -0.25) is 9.00 Å². The van der Waals surface area contributed by atoms with Crippen LogP contribution in [0.5, 0.6) is 0 Å². The van der Waals surface area contributed by atoms with Gasteiger partial charge in [0.1, 0.15) is 6.61 Å². The number of hydrogen-bond donors (Lipinski definition) is 1. The van der Waals surface area contributed by atoms with Crippen LogP contribution >= 0.6 is 0 Å². The lowest BCUT2D eigenvalue weighted by atomic mass is 10.4. The van der Waals surface area contributed by atoms with Crippen LogP contribution in [0, 0.1) is 0 Å². The first kappa shape index (κ1) is 13.6. The molecule has 0 aliphatic heterocycles. The molecule has 84 valence electrons. The molecular formula is C9H19NO3S. The average Bonchev–Trinajstić information content (AvgIpc) is 1.98. The number of nitrogens with one attached hydrogen (secondary N) is 1. The minimum Gasteiger partial charge on any atom is -0.369 e. The van der Waals surface area contributed by atoms with Crippen molar-refractivity contribution in [3.05, 3.63) is 0 Å². The average molecular weight is 221 g/mol. The van der Waals surface area contributed by atoms with Gasteiger partial charge in [-0.25, -0.2) is 0 Å². The Balaban J connectivity index is 3.66. The van der Waals surface area contributed by atoms with Crippen LogP contribution in [0.2, 0.25) is 0 Å². The van der Waals surface area contributed by atoms with Crippen LogP contribution in [-0.2, 0) is 20.3 Å². The molecule has 0 fully saturated rings. The van der Waals surface area contributed by atoms with E-state index in [9.17, 15) is 9.00 Å². The van der Waals surface area contributed by atoms with Gasteiger partial charge in [-0.1, -0.05) is 0 Å². The summed E-state index contributed by atoms with van der Waals surface area (Å²) in [6.07, 6.45) is 1.67. The lowest BCUT2D eigenvalue weighted by Crippen LogP contribution is -2.38. The summed E-state index contributed by atoms with van der Waals surface area (Å²) in [6.45, 7) is 5.64. The molecule has 0 rings (SSSR count). The first-order valence-corrected chi connectivity index (χ1v) is 6.35. The zero-order valence-electron chi connectivity index (χ0n) is 9.20. The number of ether oxygens (including phenoxy) is 1. The number of rotatable bonds is 6. The standard InChI is InChI=1S/C9H19NO3S/c1-7(2)13-5-9(11)10-8(3)6-14(4)12/h7-8H,5-6H2,1-4H3,(H,10,11). The summed E-state index contributed by atoms with van der Waals surface area (Å²) >= 11 is 0. The molecule has 0 radical (unpaired) electrons. The molecule has 0 aromatic heterocycles. The van der Waals surface area contributed by atoms with Crippen molar-refractivity contribution in [3.8, 4) is 0 Å². The van der Waals surface area contributed by atoms with Crippen molar-refractivity contribution in [1.29, 1.82) is 0 Å². The fraction of sp³-hybridized carbons (Fsp3) is 0.889. The van der Waals surface area contributed by atoms with Gasteiger partial charge in [0.05, 0.1) is 6.10 Å². The highest BCUT2D eigenvalue weighted by atomic mass is 32.2. The molecule has 1 amide bonds. The summed E-state index contributed by atoms with van der Waals surface area (Å²) in [5.41, 5.74) is 0. The smallest absolute Gasteiger partial charge is 0.246 e. The van der Waals surface area contributed by atoms with E-state index in [1.165, 1.54) is 0 Å². The normalized spacial score (nSPS) is 15.2. The predicted molar refractivity (Wildman–Crippen MR) is 57.6 cm³/mol. The third-order valence-corrected chi connectivity index (χ3v) is 2.41. The molecule has 0 aromatic rings. The molecule has 1 N–H and O–H groups in total. The van der Waals surface area contributed by atoms with E-state index < -0.39 is 10.8 Å². The molecule has 0 saturated carbocycles. The summed E-state index contributed by atoms with van der Waals surface area (Å²) in [5.74, 6) is 0.324. The lowest BCUT2D eigenvalue weighted by Gasteiger charge is -2.13. The molecule has 0 aromatic carbocycles. The van der Waals surface area contributed by atoms with E-state index in [4.69, 9.17) is 4.74 Å². The highest BCUT2D eigenvalue weighted by Gasteiger charge is 2.09. The lowest BCUT2D eigenvalue weighted by molar-refractivity contribution is -0.127. The maximum absolute atomic E-state index is 11.2. The molecule has 0 saturated heterocycles. The van der Waals surface area contributed by atoms with Crippen molar-refractivity contribution >= 4 is 16.7 Å². The highest BCUT2D eigenvalue weighted by Crippen LogP contribution is 1.89. The van der Waals surface area contributed by atoms with Crippen LogP contribution in [0.4, 0.5) is 0 Å². The van der Waals surface area contributed by atoms with Crippen LogP contribution in [0.1, 0.15) is 20.8 Å². The molecule has 2 atom stereocenters. The molecular weight excluding hydrogens is 202 g/mol. The molecule has 0 aliphatic rings. The van der Waals surface area contributed by atoms with Gasteiger partial charge in [0.2, 0.25) is 5.91 Å². The Morgan fingerprint density at radius 3 is 2.43 bits per heavy atom. The Bertz CT molecular complexity index is 206. The third kappa shape index (κ3) is 8.19. The van der Waals surface area contributed by atoms with E-state index in [1.807, 2.05) is 20.8 Å².